The van der Waals surface area contributed by atoms with Gasteiger partial charge in [-0.3, -0.25) is 4.79 Å². The van der Waals surface area contributed by atoms with Crippen molar-refractivity contribution >= 4 is 5.97 Å². The number of carbonyl (C=O) groups excluding carboxylic acids is 1. The summed E-state index contributed by atoms with van der Waals surface area (Å²) in [6, 6.07) is 0. The van der Waals surface area contributed by atoms with Gasteiger partial charge in [0.1, 0.15) is 24.4 Å². The molecule has 10 rings (SSSR count). The van der Waals surface area contributed by atoms with Crippen molar-refractivity contribution in [2.75, 3.05) is 0 Å². The first kappa shape index (κ1) is 40.6. The number of aliphatic hydroxyl groups excluding tert-OH is 1. The number of hydrogen-bond acceptors (Lipinski definition) is 12. The molecule has 10 unspecified atom stereocenters. The zero-order valence-electron chi connectivity index (χ0n) is 35.2. The molecule has 0 saturated carbocycles. The van der Waals surface area contributed by atoms with E-state index in [1.54, 1.807) is 0 Å². The molecule has 0 spiro atoms. The minimum absolute atomic E-state index is 0.0130. The minimum atomic E-state index is -0.564. The van der Waals surface area contributed by atoms with Crippen LogP contribution in [-0.4, -0.2) is 132 Å². The molecule has 12 nitrogen and oxygen atoms in total. The Balaban J connectivity index is 0.837. The molecule has 8 saturated heterocycles. The Kier molecular flexibility index (Phi) is 11.2. The first-order valence-corrected chi connectivity index (χ1v) is 23.0. The molecular formula is C46H68O12. The third-order valence-corrected chi connectivity index (χ3v) is 15.6. The van der Waals surface area contributed by atoms with Gasteiger partial charge in [0.05, 0.1) is 103 Å². The third kappa shape index (κ3) is 7.81. The smallest absolute Gasteiger partial charge is 0.308 e. The van der Waals surface area contributed by atoms with Gasteiger partial charge in [0, 0.05) is 25.7 Å². The number of esters is 1. The Bertz CT molecular complexity index is 1560. The Morgan fingerprint density at radius 2 is 1.31 bits per heavy atom. The maximum atomic E-state index is 12.3. The third-order valence-electron chi connectivity index (χ3n) is 15.6. The van der Waals surface area contributed by atoms with E-state index in [9.17, 15) is 9.90 Å². The standard InChI is InChI=1S/C46H68O12/c1-24-16-33-36(21-42(48)54-33)53-41-20-35-37(58-45(41,4)22-24)17-25(2)43-32(51-35)11-7-6-10-28-29(55-43)12-8-14-31-30(50-28)13-9-15-40-46(5,57-31)23-39-34(52-40)19-38-44(56-39)27(47)18-26(3)49-38/h6-8,14,24-41,43-44,47H,9-13,15-23H2,1-5H3/b7-6-,14-8-/t24-,25+,26-,27+,28?,29+,30?,31-,32?,33?,34?,35?,36?,37+,38?,39-,40?,41?,43-,44+,45-,46+/m1/s1. The van der Waals surface area contributed by atoms with E-state index >= 15 is 0 Å². The molecule has 0 aromatic carbocycles. The summed E-state index contributed by atoms with van der Waals surface area (Å²) in [7, 11) is 0. The van der Waals surface area contributed by atoms with E-state index in [-0.39, 0.29) is 116 Å². The van der Waals surface area contributed by atoms with Crippen LogP contribution in [0.2, 0.25) is 0 Å². The molecule has 1 N–H and O–H groups in total. The first-order valence-electron chi connectivity index (χ1n) is 23.0. The average molecular weight is 813 g/mol. The van der Waals surface area contributed by atoms with Gasteiger partial charge in [-0.1, -0.05) is 38.2 Å². The lowest BCUT2D eigenvalue weighted by molar-refractivity contribution is -0.315. The maximum absolute atomic E-state index is 12.3. The number of rotatable bonds is 0. The van der Waals surface area contributed by atoms with Gasteiger partial charge in [-0.2, -0.15) is 0 Å². The molecule has 58 heavy (non-hydrogen) atoms. The molecule has 22 atom stereocenters. The fourth-order valence-electron chi connectivity index (χ4n) is 12.8. The van der Waals surface area contributed by atoms with Gasteiger partial charge in [-0.05, 0) is 90.4 Å². The summed E-state index contributed by atoms with van der Waals surface area (Å²) in [5.74, 6) is 0.373. The van der Waals surface area contributed by atoms with Gasteiger partial charge in [0.2, 0.25) is 0 Å². The van der Waals surface area contributed by atoms with E-state index in [1.165, 1.54) is 0 Å². The highest BCUT2D eigenvalue weighted by molar-refractivity contribution is 5.72. The zero-order chi connectivity index (χ0) is 39.9. The van der Waals surface area contributed by atoms with Gasteiger partial charge in [0.15, 0.2) is 0 Å². The van der Waals surface area contributed by atoms with E-state index in [0.717, 1.165) is 64.2 Å². The van der Waals surface area contributed by atoms with Crippen molar-refractivity contribution in [3.8, 4) is 0 Å². The number of hydrogen-bond donors (Lipinski definition) is 1. The topological polar surface area (TPSA) is 130 Å². The van der Waals surface area contributed by atoms with Crippen LogP contribution in [-0.2, 0) is 52.2 Å². The largest absolute Gasteiger partial charge is 0.459 e. The van der Waals surface area contributed by atoms with Crippen LogP contribution in [0.4, 0.5) is 0 Å². The van der Waals surface area contributed by atoms with E-state index < -0.39 is 17.3 Å². The normalized spacial score (nSPS) is 56.8. The monoisotopic (exact) mass is 812 g/mol. The van der Waals surface area contributed by atoms with Crippen molar-refractivity contribution in [3.63, 3.8) is 0 Å². The molecular weight excluding hydrogens is 744 g/mol. The SMILES string of the molecule is C[C@@H]1CC2OC(=O)CC2OC2CC3OC4C/C=C\CC5OC6CCCC7OC8CC9O[C@H](C)C[C@H](O)[C@@H]9O[C@@H]8C[C@]7(C)O[C@@H]6/C=C\C[C@@H]5O[C@@H]4[C@@H](C)C[C@@H]3O[C@]2(C)C1. The average Bonchev–Trinajstić information content (AvgIpc) is 3.46. The molecule has 0 aliphatic carbocycles. The molecule has 0 bridgehead atoms. The lowest BCUT2D eigenvalue weighted by atomic mass is 9.78. The van der Waals surface area contributed by atoms with Crippen molar-refractivity contribution in [2.24, 2.45) is 11.8 Å². The molecule has 0 radical (unpaired) electrons. The highest BCUT2D eigenvalue weighted by Gasteiger charge is 2.57. The van der Waals surface area contributed by atoms with Crippen LogP contribution in [0.25, 0.3) is 0 Å². The van der Waals surface area contributed by atoms with Crippen LogP contribution in [0.1, 0.15) is 125 Å². The molecule has 0 aromatic heterocycles. The van der Waals surface area contributed by atoms with Crippen molar-refractivity contribution in [1.29, 1.82) is 0 Å². The summed E-state index contributed by atoms with van der Waals surface area (Å²) in [6.45, 7) is 10.9. The predicted molar refractivity (Wildman–Crippen MR) is 210 cm³/mol. The fraction of sp³-hybridized carbons (Fsp3) is 0.891. The lowest BCUT2D eigenvalue weighted by Crippen LogP contribution is -2.65. The fourth-order valence-corrected chi connectivity index (χ4v) is 12.8. The van der Waals surface area contributed by atoms with Crippen LogP contribution >= 0.6 is 0 Å². The van der Waals surface area contributed by atoms with Crippen LogP contribution in [0, 0.1) is 11.8 Å². The highest BCUT2D eigenvalue weighted by Crippen LogP contribution is 2.48. The van der Waals surface area contributed by atoms with E-state index in [2.05, 4.69) is 52.0 Å². The van der Waals surface area contributed by atoms with Gasteiger partial charge in [0.25, 0.3) is 0 Å². The van der Waals surface area contributed by atoms with E-state index in [4.69, 9.17) is 47.4 Å². The minimum Gasteiger partial charge on any atom is -0.459 e. The van der Waals surface area contributed by atoms with E-state index in [1.807, 2.05) is 6.92 Å². The number of aliphatic hydroxyl groups is 1. The van der Waals surface area contributed by atoms with Crippen LogP contribution in [0.15, 0.2) is 24.3 Å². The van der Waals surface area contributed by atoms with Gasteiger partial charge in [-0.25, -0.2) is 0 Å². The van der Waals surface area contributed by atoms with Gasteiger partial charge < -0.3 is 52.5 Å². The summed E-state index contributed by atoms with van der Waals surface area (Å²) in [5, 5.41) is 10.9. The molecule has 324 valence electrons. The van der Waals surface area contributed by atoms with Crippen molar-refractivity contribution in [1.82, 2.24) is 0 Å². The summed E-state index contributed by atoms with van der Waals surface area (Å²) < 4.78 is 67.8. The zero-order valence-corrected chi connectivity index (χ0v) is 35.2. The van der Waals surface area contributed by atoms with Crippen molar-refractivity contribution < 1.29 is 57.3 Å². The Morgan fingerprint density at radius 3 is 2.17 bits per heavy atom. The predicted octanol–water partition coefficient (Wildman–Crippen LogP) is 5.83. The number of carbonyl (C=O) groups is 1. The molecule has 0 amide bonds. The van der Waals surface area contributed by atoms with Crippen molar-refractivity contribution in [3.05, 3.63) is 24.3 Å². The lowest BCUT2D eigenvalue weighted by Gasteiger charge is -2.55. The first-order chi connectivity index (χ1) is 27.9. The molecule has 10 aliphatic heterocycles. The summed E-state index contributed by atoms with van der Waals surface area (Å²) in [4.78, 5) is 12.3. The summed E-state index contributed by atoms with van der Waals surface area (Å²) in [5.41, 5.74) is -1.03. The second kappa shape index (κ2) is 16.0. The second-order valence-corrected chi connectivity index (χ2v) is 20.4. The van der Waals surface area contributed by atoms with Crippen molar-refractivity contribution in [2.45, 2.75) is 246 Å². The molecule has 10 aliphatic rings. The van der Waals surface area contributed by atoms with Crippen LogP contribution < -0.4 is 0 Å². The maximum Gasteiger partial charge on any atom is 0.308 e. The Labute approximate surface area is 344 Å². The van der Waals surface area contributed by atoms with Crippen LogP contribution in [0.5, 0.6) is 0 Å². The summed E-state index contributed by atoms with van der Waals surface area (Å²) in [6.07, 6.45) is 16.5. The number of ether oxygens (including phenoxy) is 10. The second-order valence-electron chi connectivity index (χ2n) is 20.4. The molecule has 12 heteroatoms. The Morgan fingerprint density at radius 1 is 0.586 bits per heavy atom. The van der Waals surface area contributed by atoms with Gasteiger partial charge in [-0.15, -0.1) is 0 Å². The Hall–Kier alpha value is -1.45. The molecule has 8 fully saturated rings. The highest BCUT2D eigenvalue weighted by atomic mass is 16.6. The van der Waals surface area contributed by atoms with E-state index in [0.29, 0.717) is 31.6 Å². The molecule has 10 heterocycles. The quantitative estimate of drug-likeness (QED) is 0.234. The van der Waals surface area contributed by atoms with Gasteiger partial charge >= 0.3 is 5.97 Å². The van der Waals surface area contributed by atoms with Crippen LogP contribution in [0.3, 0.4) is 0 Å². The summed E-state index contributed by atoms with van der Waals surface area (Å²) >= 11 is 0. The number of fused-ring (bicyclic) bond motifs is 9. The molecule has 0 aromatic rings.